The second kappa shape index (κ2) is 6.60. The summed E-state index contributed by atoms with van der Waals surface area (Å²) in [7, 11) is 1.93. The van der Waals surface area contributed by atoms with Gasteiger partial charge in [0.2, 0.25) is 5.91 Å². The van der Waals surface area contributed by atoms with Gasteiger partial charge < -0.3 is 10.6 Å². The first kappa shape index (κ1) is 13.9. The molecular formula is C16H24N2O. The van der Waals surface area contributed by atoms with Crippen molar-refractivity contribution in [2.45, 2.75) is 38.5 Å². The van der Waals surface area contributed by atoms with Crippen molar-refractivity contribution in [1.82, 2.24) is 4.90 Å². The smallest absolute Gasteiger partial charge is 0.222 e. The summed E-state index contributed by atoms with van der Waals surface area (Å²) in [5, 5.41) is 0. The van der Waals surface area contributed by atoms with Gasteiger partial charge in [0.25, 0.3) is 0 Å². The molecule has 19 heavy (non-hydrogen) atoms. The van der Waals surface area contributed by atoms with E-state index in [4.69, 9.17) is 5.73 Å². The molecule has 0 spiro atoms. The Balaban J connectivity index is 1.75. The van der Waals surface area contributed by atoms with Crippen LogP contribution in [0.1, 0.15) is 37.7 Å². The van der Waals surface area contributed by atoms with Gasteiger partial charge in [-0.3, -0.25) is 4.79 Å². The van der Waals surface area contributed by atoms with Crippen LogP contribution in [0.15, 0.2) is 24.3 Å². The molecular weight excluding hydrogens is 236 g/mol. The van der Waals surface area contributed by atoms with E-state index >= 15 is 0 Å². The molecule has 0 radical (unpaired) electrons. The van der Waals surface area contributed by atoms with Gasteiger partial charge in [0.15, 0.2) is 0 Å². The lowest BCUT2D eigenvalue weighted by Gasteiger charge is -2.21. The van der Waals surface area contributed by atoms with Crippen molar-refractivity contribution >= 4 is 11.6 Å². The van der Waals surface area contributed by atoms with Crippen LogP contribution in [0.5, 0.6) is 0 Å². The molecule has 0 heterocycles. The second-order valence-electron chi connectivity index (χ2n) is 5.67. The number of nitrogens with two attached hydrogens (primary N) is 1. The van der Waals surface area contributed by atoms with E-state index in [9.17, 15) is 4.79 Å². The fourth-order valence-corrected chi connectivity index (χ4v) is 2.81. The van der Waals surface area contributed by atoms with E-state index in [0.29, 0.717) is 6.42 Å². The molecule has 3 nitrogen and oxygen atoms in total. The van der Waals surface area contributed by atoms with E-state index in [1.165, 1.54) is 31.2 Å². The molecule has 1 saturated carbocycles. The Hall–Kier alpha value is -1.51. The van der Waals surface area contributed by atoms with Crippen molar-refractivity contribution in [2.24, 2.45) is 5.92 Å². The summed E-state index contributed by atoms with van der Waals surface area (Å²) in [6, 6.07) is 7.78. The Labute approximate surface area is 115 Å². The number of amides is 1. The molecule has 0 unspecified atom stereocenters. The maximum absolute atomic E-state index is 12.1. The van der Waals surface area contributed by atoms with Crippen molar-refractivity contribution in [3.63, 3.8) is 0 Å². The third-order valence-electron chi connectivity index (χ3n) is 4.04. The van der Waals surface area contributed by atoms with E-state index in [0.717, 1.165) is 24.6 Å². The first-order valence-electron chi connectivity index (χ1n) is 7.23. The first-order chi connectivity index (χ1) is 9.15. The van der Waals surface area contributed by atoms with Gasteiger partial charge in [-0.1, -0.05) is 25.0 Å². The maximum atomic E-state index is 12.1. The van der Waals surface area contributed by atoms with Crippen LogP contribution in [-0.4, -0.2) is 24.4 Å². The highest BCUT2D eigenvalue weighted by Gasteiger charge is 2.19. The zero-order valence-electron chi connectivity index (χ0n) is 11.8. The summed E-state index contributed by atoms with van der Waals surface area (Å²) in [5.41, 5.74) is 7.60. The van der Waals surface area contributed by atoms with Gasteiger partial charge in [-0.15, -0.1) is 0 Å². The third-order valence-corrected chi connectivity index (χ3v) is 4.04. The third kappa shape index (κ3) is 4.27. The lowest BCUT2D eigenvalue weighted by molar-refractivity contribution is -0.130. The normalized spacial score (nSPS) is 15.6. The van der Waals surface area contributed by atoms with Crippen molar-refractivity contribution in [1.29, 1.82) is 0 Å². The molecule has 1 aromatic carbocycles. The number of hydrogen-bond acceptors (Lipinski definition) is 2. The van der Waals surface area contributed by atoms with Gasteiger partial charge in [0, 0.05) is 25.7 Å². The summed E-state index contributed by atoms with van der Waals surface area (Å²) in [4.78, 5) is 14.0. The number of anilines is 1. The molecule has 2 rings (SSSR count). The summed E-state index contributed by atoms with van der Waals surface area (Å²) >= 11 is 0. The zero-order chi connectivity index (χ0) is 13.7. The molecule has 1 amide bonds. The van der Waals surface area contributed by atoms with Gasteiger partial charge >= 0.3 is 0 Å². The first-order valence-corrected chi connectivity index (χ1v) is 7.23. The average Bonchev–Trinajstić information content (AvgIpc) is 2.90. The van der Waals surface area contributed by atoms with E-state index in [2.05, 4.69) is 0 Å². The molecule has 104 valence electrons. The van der Waals surface area contributed by atoms with E-state index in [1.54, 1.807) is 0 Å². The minimum Gasteiger partial charge on any atom is -0.399 e. The molecule has 1 fully saturated rings. The average molecular weight is 260 g/mol. The van der Waals surface area contributed by atoms with Crippen molar-refractivity contribution in [3.05, 3.63) is 29.8 Å². The van der Waals surface area contributed by atoms with Gasteiger partial charge in [-0.05, 0) is 42.9 Å². The standard InChI is InChI=1S/C16H24N2O/c1-18(12-14-4-2-3-5-14)16(19)11-8-13-6-9-15(17)10-7-13/h6-7,9-10,14H,2-5,8,11-12,17H2,1H3. The Kier molecular flexibility index (Phi) is 4.83. The molecule has 0 aromatic heterocycles. The minimum absolute atomic E-state index is 0.253. The van der Waals surface area contributed by atoms with Gasteiger partial charge in [0.1, 0.15) is 0 Å². The Morgan fingerprint density at radius 3 is 2.53 bits per heavy atom. The van der Waals surface area contributed by atoms with E-state index in [-0.39, 0.29) is 5.91 Å². The summed E-state index contributed by atoms with van der Waals surface area (Å²) in [6.07, 6.45) is 6.63. The second-order valence-corrected chi connectivity index (χ2v) is 5.67. The molecule has 3 heteroatoms. The topological polar surface area (TPSA) is 46.3 Å². The van der Waals surface area contributed by atoms with Crippen LogP contribution in [0.2, 0.25) is 0 Å². The number of nitrogens with zero attached hydrogens (tertiary/aromatic N) is 1. The highest BCUT2D eigenvalue weighted by Crippen LogP contribution is 2.25. The van der Waals surface area contributed by atoms with Crippen LogP contribution < -0.4 is 5.73 Å². The molecule has 0 aliphatic heterocycles. The highest BCUT2D eigenvalue weighted by atomic mass is 16.2. The van der Waals surface area contributed by atoms with E-state index < -0.39 is 0 Å². The van der Waals surface area contributed by atoms with Crippen molar-refractivity contribution < 1.29 is 4.79 Å². The predicted octanol–water partition coefficient (Wildman–Crippen LogP) is 2.85. The Bertz CT molecular complexity index is 407. The van der Waals surface area contributed by atoms with E-state index in [1.807, 2.05) is 36.2 Å². The number of benzene rings is 1. The highest BCUT2D eigenvalue weighted by molar-refractivity contribution is 5.76. The van der Waals surface area contributed by atoms with Crippen LogP contribution in [0.3, 0.4) is 0 Å². The van der Waals surface area contributed by atoms with Gasteiger partial charge in [-0.25, -0.2) is 0 Å². The van der Waals surface area contributed by atoms with Crippen LogP contribution >= 0.6 is 0 Å². The molecule has 2 N–H and O–H groups in total. The monoisotopic (exact) mass is 260 g/mol. The number of carbonyl (C=O) groups excluding carboxylic acids is 1. The largest absolute Gasteiger partial charge is 0.399 e. The van der Waals surface area contributed by atoms with Crippen LogP contribution in [0, 0.1) is 5.92 Å². The number of rotatable bonds is 5. The SMILES string of the molecule is CN(CC1CCCC1)C(=O)CCc1ccc(N)cc1. The fraction of sp³-hybridized carbons (Fsp3) is 0.562. The molecule has 0 bridgehead atoms. The fourth-order valence-electron chi connectivity index (χ4n) is 2.81. The zero-order valence-corrected chi connectivity index (χ0v) is 11.8. The molecule has 0 saturated heterocycles. The lowest BCUT2D eigenvalue weighted by atomic mass is 10.1. The summed E-state index contributed by atoms with van der Waals surface area (Å²) < 4.78 is 0. The maximum Gasteiger partial charge on any atom is 0.222 e. The Morgan fingerprint density at radius 1 is 1.26 bits per heavy atom. The number of nitrogen functional groups attached to an aromatic ring is 1. The quantitative estimate of drug-likeness (QED) is 0.827. The summed E-state index contributed by atoms with van der Waals surface area (Å²) in [5.74, 6) is 0.981. The molecule has 1 aliphatic rings. The van der Waals surface area contributed by atoms with Crippen molar-refractivity contribution in [2.75, 3.05) is 19.3 Å². The van der Waals surface area contributed by atoms with Crippen LogP contribution in [0.4, 0.5) is 5.69 Å². The van der Waals surface area contributed by atoms with Gasteiger partial charge in [-0.2, -0.15) is 0 Å². The number of aryl methyl sites for hydroxylation is 1. The van der Waals surface area contributed by atoms with Crippen LogP contribution in [0.25, 0.3) is 0 Å². The molecule has 1 aliphatic carbocycles. The number of hydrogen-bond donors (Lipinski definition) is 1. The summed E-state index contributed by atoms with van der Waals surface area (Å²) in [6.45, 7) is 0.931. The predicted molar refractivity (Wildman–Crippen MR) is 78.8 cm³/mol. The number of carbonyl (C=O) groups is 1. The lowest BCUT2D eigenvalue weighted by Crippen LogP contribution is -2.31. The molecule has 0 atom stereocenters. The minimum atomic E-state index is 0.253. The Morgan fingerprint density at radius 2 is 1.89 bits per heavy atom. The van der Waals surface area contributed by atoms with Crippen LogP contribution in [-0.2, 0) is 11.2 Å². The van der Waals surface area contributed by atoms with Crippen molar-refractivity contribution in [3.8, 4) is 0 Å². The van der Waals surface area contributed by atoms with Gasteiger partial charge in [0.05, 0.1) is 0 Å². The molecule has 1 aromatic rings.